The lowest BCUT2D eigenvalue weighted by Gasteiger charge is -2.10. The van der Waals surface area contributed by atoms with Crippen LogP contribution in [0.1, 0.15) is 31.2 Å². The second-order valence-corrected chi connectivity index (χ2v) is 3.36. The first kappa shape index (κ1) is 10.8. The molecule has 1 aromatic rings. The van der Waals surface area contributed by atoms with Gasteiger partial charge in [-0.25, -0.2) is 4.98 Å². The van der Waals surface area contributed by atoms with E-state index in [1.54, 1.807) is 6.33 Å². The molecule has 0 fully saturated rings. The molecule has 0 saturated heterocycles. The van der Waals surface area contributed by atoms with E-state index in [0.29, 0.717) is 0 Å². The number of hydrogen-bond donors (Lipinski definition) is 2. The normalized spacial score (nSPS) is 12.4. The minimum Gasteiger partial charge on any atom is -0.348 e. The van der Waals surface area contributed by atoms with Crippen LogP contribution in [0.4, 0.5) is 0 Å². The topological polar surface area (TPSA) is 40.7 Å². The molecule has 14 heavy (non-hydrogen) atoms. The van der Waals surface area contributed by atoms with Gasteiger partial charge in [0.2, 0.25) is 0 Å². The summed E-state index contributed by atoms with van der Waals surface area (Å²) < 4.78 is 0. The van der Waals surface area contributed by atoms with Crippen LogP contribution in [0.5, 0.6) is 0 Å². The SMILES string of the molecule is C#CC(CCC)NCc1nc[nH]c1C. The minimum atomic E-state index is 0.163. The van der Waals surface area contributed by atoms with Crippen LogP contribution in [-0.2, 0) is 6.54 Å². The maximum atomic E-state index is 5.40. The zero-order valence-corrected chi connectivity index (χ0v) is 8.80. The fourth-order valence-electron chi connectivity index (χ4n) is 1.32. The molecule has 1 rings (SSSR count). The number of aryl methyl sites for hydroxylation is 1. The first-order valence-corrected chi connectivity index (χ1v) is 4.96. The number of aromatic nitrogens is 2. The predicted octanol–water partition coefficient (Wildman–Crippen LogP) is 1.61. The first-order valence-electron chi connectivity index (χ1n) is 4.96. The van der Waals surface area contributed by atoms with Gasteiger partial charge in [-0.3, -0.25) is 5.32 Å². The molecule has 1 aromatic heterocycles. The summed E-state index contributed by atoms with van der Waals surface area (Å²) in [6.07, 6.45) is 9.21. The van der Waals surface area contributed by atoms with Crippen LogP contribution >= 0.6 is 0 Å². The van der Waals surface area contributed by atoms with Gasteiger partial charge in [0, 0.05) is 12.2 Å². The summed E-state index contributed by atoms with van der Waals surface area (Å²) in [6, 6.07) is 0.163. The molecule has 0 spiro atoms. The number of nitrogens with zero attached hydrogens (tertiary/aromatic N) is 1. The summed E-state index contributed by atoms with van der Waals surface area (Å²) in [4.78, 5) is 7.24. The Morgan fingerprint density at radius 1 is 1.71 bits per heavy atom. The zero-order chi connectivity index (χ0) is 10.4. The van der Waals surface area contributed by atoms with E-state index in [1.165, 1.54) is 0 Å². The third-order valence-corrected chi connectivity index (χ3v) is 2.23. The summed E-state index contributed by atoms with van der Waals surface area (Å²) in [7, 11) is 0. The average Bonchev–Trinajstić information content (AvgIpc) is 2.59. The molecule has 0 aliphatic carbocycles. The van der Waals surface area contributed by atoms with Crippen molar-refractivity contribution >= 4 is 0 Å². The van der Waals surface area contributed by atoms with Crippen molar-refractivity contribution in [3.63, 3.8) is 0 Å². The molecule has 2 N–H and O–H groups in total. The quantitative estimate of drug-likeness (QED) is 0.694. The van der Waals surface area contributed by atoms with Gasteiger partial charge >= 0.3 is 0 Å². The molecule has 0 amide bonds. The highest BCUT2D eigenvalue weighted by Gasteiger charge is 2.05. The standard InChI is InChI=1S/C11H17N3/c1-4-6-10(5-2)12-7-11-9(3)13-8-14-11/h2,8,10,12H,4,6-7H2,1,3H3,(H,13,14). The molecule has 1 heterocycles. The van der Waals surface area contributed by atoms with Gasteiger partial charge in [-0.1, -0.05) is 19.3 Å². The van der Waals surface area contributed by atoms with E-state index in [0.717, 1.165) is 30.8 Å². The fourth-order valence-corrected chi connectivity index (χ4v) is 1.32. The fraction of sp³-hybridized carbons (Fsp3) is 0.545. The number of rotatable bonds is 5. The van der Waals surface area contributed by atoms with Crippen molar-refractivity contribution < 1.29 is 0 Å². The molecule has 1 unspecified atom stereocenters. The van der Waals surface area contributed by atoms with Crippen molar-refractivity contribution in [3.05, 3.63) is 17.7 Å². The molecule has 0 bridgehead atoms. The second-order valence-electron chi connectivity index (χ2n) is 3.36. The monoisotopic (exact) mass is 191 g/mol. The highest BCUT2D eigenvalue weighted by Crippen LogP contribution is 2.01. The van der Waals surface area contributed by atoms with E-state index in [9.17, 15) is 0 Å². The number of terminal acetylenes is 1. The summed E-state index contributed by atoms with van der Waals surface area (Å²) in [6.45, 7) is 4.88. The smallest absolute Gasteiger partial charge is 0.0925 e. The highest BCUT2D eigenvalue weighted by molar-refractivity contribution is 5.09. The lowest BCUT2D eigenvalue weighted by Crippen LogP contribution is -2.27. The van der Waals surface area contributed by atoms with Crippen LogP contribution in [0, 0.1) is 19.3 Å². The maximum absolute atomic E-state index is 5.40. The van der Waals surface area contributed by atoms with E-state index in [4.69, 9.17) is 6.42 Å². The molecular weight excluding hydrogens is 174 g/mol. The molecule has 0 saturated carbocycles. The third-order valence-electron chi connectivity index (χ3n) is 2.23. The van der Waals surface area contributed by atoms with Gasteiger partial charge in [0.1, 0.15) is 0 Å². The predicted molar refractivity (Wildman–Crippen MR) is 57.7 cm³/mol. The number of imidazole rings is 1. The van der Waals surface area contributed by atoms with Crippen molar-refractivity contribution in [3.8, 4) is 12.3 Å². The highest BCUT2D eigenvalue weighted by atomic mass is 15.0. The molecule has 0 aliphatic heterocycles. The summed E-state index contributed by atoms with van der Waals surface area (Å²) in [5, 5.41) is 3.29. The first-order chi connectivity index (χ1) is 6.77. The van der Waals surface area contributed by atoms with E-state index in [-0.39, 0.29) is 6.04 Å². The van der Waals surface area contributed by atoms with Gasteiger partial charge in [0.25, 0.3) is 0 Å². The van der Waals surface area contributed by atoms with Crippen LogP contribution in [0.3, 0.4) is 0 Å². The van der Waals surface area contributed by atoms with Crippen molar-refractivity contribution in [1.82, 2.24) is 15.3 Å². The van der Waals surface area contributed by atoms with Crippen LogP contribution in [0.25, 0.3) is 0 Å². The van der Waals surface area contributed by atoms with E-state index < -0.39 is 0 Å². The Balaban J connectivity index is 2.40. The molecule has 1 atom stereocenters. The molecule has 3 nitrogen and oxygen atoms in total. The number of hydrogen-bond acceptors (Lipinski definition) is 2. The lowest BCUT2D eigenvalue weighted by molar-refractivity contribution is 0.557. The molecule has 3 heteroatoms. The zero-order valence-electron chi connectivity index (χ0n) is 8.80. The van der Waals surface area contributed by atoms with Gasteiger partial charge in [0.05, 0.1) is 18.1 Å². The van der Waals surface area contributed by atoms with E-state index in [1.807, 2.05) is 6.92 Å². The van der Waals surface area contributed by atoms with E-state index in [2.05, 4.69) is 28.1 Å². The van der Waals surface area contributed by atoms with Crippen LogP contribution in [-0.4, -0.2) is 16.0 Å². The molecular formula is C11H17N3. The molecule has 0 aromatic carbocycles. The second kappa shape index (κ2) is 5.46. The van der Waals surface area contributed by atoms with Crippen LogP contribution in [0.15, 0.2) is 6.33 Å². The number of H-pyrrole nitrogens is 1. The maximum Gasteiger partial charge on any atom is 0.0925 e. The Bertz CT molecular complexity index is 309. The van der Waals surface area contributed by atoms with Crippen molar-refractivity contribution in [2.24, 2.45) is 0 Å². The largest absolute Gasteiger partial charge is 0.348 e. The lowest BCUT2D eigenvalue weighted by atomic mass is 10.2. The Morgan fingerprint density at radius 3 is 3.00 bits per heavy atom. The third kappa shape index (κ3) is 2.90. The Hall–Kier alpha value is -1.27. The Morgan fingerprint density at radius 2 is 2.50 bits per heavy atom. The molecule has 76 valence electrons. The Kier molecular flexibility index (Phi) is 4.21. The van der Waals surface area contributed by atoms with Crippen LogP contribution in [0.2, 0.25) is 0 Å². The minimum absolute atomic E-state index is 0.163. The van der Waals surface area contributed by atoms with Gasteiger partial charge < -0.3 is 4.98 Å². The average molecular weight is 191 g/mol. The van der Waals surface area contributed by atoms with Crippen molar-refractivity contribution in [1.29, 1.82) is 0 Å². The molecule has 0 radical (unpaired) electrons. The Labute approximate surface area is 85.3 Å². The van der Waals surface area contributed by atoms with Gasteiger partial charge in [-0.05, 0) is 13.3 Å². The van der Waals surface area contributed by atoms with Crippen molar-refractivity contribution in [2.45, 2.75) is 39.3 Å². The van der Waals surface area contributed by atoms with Crippen molar-refractivity contribution in [2.75, 3.05) is 0 Å². The number of nitrogens with one attached hydrogen (secondary N) is 2. The molecule has 0 aliphatic rings. The summed E-state index contributed by atoms with van der Waals surface area (Å²) in [5.74, 6) is 2.74. The van der Waals surface area contributed by atoms with Gasteiger partial charge in [0.15, 0.2) is 0 Å². The number of aromatic amines is 1. The van der Waals surface area contributed by atoms with E-state index >= 15 is 0 Å². The van der Waals surface area contributed by atoms with Gasteiger partial charge in [-0.2, -0.15) is 0 Å². The summed E-state index contributed by atoms with van der Waals surface area (Å²) >= 11 is 0. The summed E-state index contributed by atoms with van der Waals surface area (Å²) in [5.41, 5.74) is 2.14. The van der Waals surface area contributed by atoms with Crippen LogP contribution < -0.4 is 5.32 Å². The van der Waals surface area contributed by atoms with Gasteiger partial charge in [-0.15, -0.1) is 6.42 Å².